The second-order valence-electron chi connectivity index (χ2n) is 5.27. The molecule has 3 aliphatic carbocycles. The molecule has 1 nitrogen and oxygen atoms in total. The van der Waals surface area contributed by atoms with Gasteiger partial charge in [-0.3, -0.25) is 4.79 Å². The fraction of sp³-hybridized carbons (Fsp3) is 0.786. The van der Waals surface area contributed by atoms with E-state index in [1.54, 1.807) is 0 Å². The molecule has 0 aromatic carbocycles. The zero-order valence-electron chi connectivity index (χ0n) is 9.96. The molecular weight excluding hydrogens is 184 g/mol. The normalized spacial score (nSPS) is 39.5. The van der Waals surface area contributed by atoms with Crippen molar-refractivity contribution in [1.29, 1.82) is 0 Å². The largest absolute Gasteiger partial charge is 0.299 e. The molecule has 84 valence electrons. The minimum absolute atomic E-state index is 0.116. The van der Waals surface area contributed by atoms with Crippen molar-refractivity contribution in [3.05, 3.63) is 12.2 Å². The number of hydrogen-bond donors (Lipinski definition) is 0. The number of fused-ring (bicyclic) bond motifs is 2. The van der Waals surface area contributed by atoms with Crippen molar-refractivity contribution in [2.24, 2.45) is 17.3 Å². The predicted molar refractivity (Wildman–Crippen MR) is 62.6 cm³/mol. The smallest absolute Gasteiger partial charge is 0.142 e. The second kappa shape index (κ2) is 4.11. The van der Waals surface area contributed by atoms with Crippen LogP contribution in [0, 0.1) is 17.3 Å². The highest BCUT2D eigenvalue weighted by Crippen LogP contribution is 2.59. The summed E-state index contributed by atoms with van der Waals surface area (Å²) < 4.78 is 0. The van der Waals surface area contributed by atoms with Gasteiger partial charge in [-0.25, -0.2) is 0 Å². The van der Waals surface area contributed by atoms with E-state index >= 15 is 0 Å². The molecule has 0 aliphatic heterocycles. The highest BCUT2D eigenvalue weighted by atomic mass is 16.1. The third-order valence-corrected chi connectivity index (χ3v) is 4.67. The van der Waals surface area contributed by atoms with Crippen LogP contribution in [0.15, 0.2) is 12.2 Å². The highest BCUT2D eigenvalue weighted by Gasteiger charge is 2.60. The van der Waals surface area contributed by atoms with Crippen molar-refractivity contribution in [1.82, 2.24) is 0 Å². The Bertz CT molecular complexity index is 279. The van der Waals surface area contributed by atoms with Gasteiger partial charge in [-0.15, -0.1) is 0 Å². The van der Waals surface area contributed by atoms with E-state index in [1.807, 2.05) is 0 Å². The van der Waals surface area contributed by atoms with Crippen LogP contribution in [0.4, 0.5) is 0 Å². The van der Waals surface area contributed by atoms with Gasteiger partial charge in [0.1, 0.15) is 5.78 Å². The van der Waals surface area contributed by atoms with Gasteiger partial charge in [-0.1, -0.05) is 25.5 Å². The van der Waals surface area contributed by atoms with Crippen molar-refractivity contribution in [2.75, 3.05) is 0 Å². The average molecular weight is 206 g/mol. The predicted octanol–water partition coefficient (Wildman–Crippen LogP) is 3.74. The molecule has 0 amide bonds. The molecule has 0 N–H and O–H groups in total. The fourth-order valence-electron chi connectivity index (χ4n) is 3.66. The summed E-state index contributed by atoms with van der Waals surface area (Å²) in [7, 11) is 0. The van der Waals surface area contributed by atoms with E-state index in [4.69, 9.17) is 0 Å². The maximum atomic E-state index is 12.0. The van der Waals surface area contributed by atoms with Gasteiger partial charge in [-0.2, -0.15) is 0 Å². The molecule has 3 fully saturated rings. The first-order valence-electron chi connectivity index (χ1n) is 6.38. The molecule has 2 bridgehead atoms. The summed E-state index contributed by atoms with van der Waals surface area (Å²) in [4.78, 5) is 12.0. The van der Waals surface area contributed by atoms with Gasteiger partial charge in [0.25, 0.3) is 0 Å². The lowest BCUT2D eigenvalue weighted by Gasteiger charge is -2.56. The first kappa shape index (κ1) is 10.9. The summed E-state index contributed by atoms with van der Waals surface area (Å²) in [5.74, 6) is 1.70. The Morgan fingerprint density at radius 2 is 2.33 bits per heavy atom. The lowest BCUT2D eigenvalue weighted by atomic mass is 9.45. The average Bonchev–Trinajstić information content (AvgIpc) is 2.27. The third kappa shape index (κ3) is 1.56. The minimum Gasteiger partial charge on any atom is -0.299 e. The van der Waals surface area contributed by atoms with Gasteiger partial charge in [0.05, 0.1) is 0 Å². The van der Waals surface area contributed by atoms with E-state index < -0.39 is 0 Å². The van der Waals surface area contributed by atoms with Crippen LogP contribution in [0.1, 0.15) is 52.4 Å². The summed E-state index contributed by atoms with van der Waals surface area (Å²) in [6.07, 6.45) is 11.4. The van der Waals surface area contributed by atoms with Crippen LogP contribution >= 0.6 is 0 Å². The molecule has 0 spiro atoms. The van der Waals surface area contributed by atoms with Crippen LogP contribution in [0.5, 0.6) is 0 Å². The van der Waals surface area contributed by atoms with Crippen molar-refractivity contribution in [2.45, 2.75) is 52.4 Å². The minimum atomic E-state index is 0.116. The number of rotatable bonds is 4. The number of unbranched alkanes of at least 4 members (excludes halogenated alkanes) is 1. The molecule has 0 aromatic rings. The van der Waals surface area contributed by atoms with E-state index in [2.05, 4.69) is 26.0 Å². The SMILES string of the molecule is C/C=C/CCC[C@]12CCC[C@H](C1=O)[C@@H]2C. The third-order valence-electron chi connectivity index (χ3n) is 4.67. The number of ketones is 1. The van der Waals surface area contributed by atoms with Crippen LogP contribution in [0.3, 0.4) is 0 Å². The van der Waals surface area contributed by atoms with Gasteiger partial charge in [0.15, 0.2) is 0 Å². The van der Waals surface area contributed by atoms with Crippen LogP contribution in [-0.2, 0) is 4.79 Å². The molecule has 0 saturated heterocycles. The standard InChI is InChI=1S/C14H22O/c1-3-4-5-6-9-14-10-7-8-12(11(14)2)13(14)15/h3-4,11-12H,5-10H2,1-2H3/b4-3+/t11-,12-,14+/m0/s1. The van der Waals surface area contributed by atoms with E-state index in [9.17, 15) is 4.79 Å². The lowest BCUT2D eigenvalue weighted by Crippen LogP contribution is -2.59. The number of carbonyl (C=O) groups is 1. The molecule has 0 unspecified atom stereocenters. The van der Waals surface area contributed by atoms with Gasteiger partial charge in [0.2, 0.25) is 0 Å². The Hall–Kier alpha value is -0.590. The van der Waals surface area contributed by atoms with Crippen molar-refractivity contribution < 1.29 is 4.79 Å². The van der Waals surface area contributed by atoms with E-state index in [-0.39, 0.29) is 5.41 Å². The first-order valence-corrected chi connectivity index (χ1v) is 6.38. The maximum Gasteiger partial charge on any atom is 0.142 e. The zero-order valence-corrected chi connectivity index (χ0v) is 9.96. The molecule has 15 heavy (non-hydrogen) atoms. The molecular formula is C14H22O. The molecule has 0 radical (unpaired) electrons. The first-order chi connectivity index (χ1) is 7.22. The van der Waals surface area contributed by atoms with Gasteiger partial charge >= 0.3 is 0 Å². The Labute approximate surface area is 92.9 Å². The molecule has 3 rings (SSSR count). The molecule has 0 aromatic heterocycles. The molecule has 3 aliphatic rings. The van der Waals surface area contributed by atoms with E-state index in [0.717, 1.165) is 19.3 Å². The molecule has 1 heteroatoms. The highest BCUT2D eigenvalue weighted by molar-refractivity contribution is 5.94. The lowest BCUT2D eigenvalue weighted by molar-refractivity contribution is -0.165. The molecule has 3 saturated carbocycles. The Morgan fingerprint density at radius 1 is 1.53 bits per heavy atom. The van der Waals surface area contributed by atoms with Gasteiger partial charge in [0, 0.05) is 11.3 Å². The Balaban J connectivity index is 1.91. The maximum absolute atomic E-state index is 12.0. The fourth-order valence-corrected chi connectivity index (χ4v) is 3.66. The Morgan fingerprint density at radius 3 is 2.93 bits per heavy atom. The van der Waals surface area contributed by atoms with Crippen molar-refractivity contribution in [3.63, 3.8) is 0 Å². The van der Waals surface area contributed by atoms with Crippen LogP contribution in [0.25, 0.3) is 0 Å². The van der Waals surface area contributed by atoms with Crippen LogP contribution in [-0.4, -0.2) is 5.78 Å². The number of allylic oxidation sites excluding steroid dienone is 2. The Kier molecular flexibility index (Phi) is 2.99. The van der Waals surface area contributed by atoms with Crippen molar-refractivity contribution in [3.8, 4) is 0 Å². The summed E-state index contributed by atoms with van der Waals surface area (Å²) in [6, 6.07) is 0. The summed E-state index contributed by atoms with van der Waals surface area (Å²) in [6.45, 7) is 4.35. The summed E-state index contributed by atoms with van der Waals surface area (Å²) in [5, 5.41) is 0. The molecule has 0 heterocycles. The number of carbonyl (C=O) groups excluding carboxylic acids is 1. The van der Waals surface area contributed by atoms with E-state index in [1.165, 1.54) is 19.3 Å². The van der Waals surface area contributed by atoms with Crippen LogP contribution < -0.4 is 0 Å². The summed E-state index contributed by atoms with van der Waals surface area (Å²) >= 11 is 0. The topological polar surface area (TPSA) is 17.1 Å². The zero-order chi connectivity index (χ0) is 10.9. The van der Waals surface area contributed by atoms with Crippen LogP contribution in [0.2, 0.25) is 0 Å². The monoisotopic (exact) mass is 206 g/mol. The van der Waals surface area contributed by atoms with Crippen molar-refractivity contribution >= 4 is 5.78 Å². The molecule has 3 atom stereocenters. The van der Waals surface area contributed by atoms with Gasteiger partial charge < -0.3 is 0 Å². The quantitative estimate of drug-likeness (QED) is 0.506. The summed E-state index contributed by atoms with van der Waals surface area (Å²) in [5.41, 5.74) is 0.116. The van der Waals surface area contributed by atoms with E-state index in [0.29, 0.717) is 17.6 Å². The number of Topliss-reactive ketones (excluding diaryl/α,β-unsaturated/α-hetero) is 1. The second-order valence-corrected chi connectivity index (χ2v) is 5.27. The number of hydrogen-bond acceptors (Lipinski definition) is 1. The van der Waals surface area contributed by atoms with Gasteiger partial charge in [-0.05, 0) is 44.9 Å².